The summed E-state index contributed by atoms with van der Waals surface area (Å²) in [6, 6.07) is 10.6. The van der Waals surface area contributed by atoms with Crippen LogP contribution in [0.4, 0.5) is 19.3 Å². The topological polar surface area (TPSA) is 35.6 Å². The third kappa shape index (κ3) is 6.41. The monoisotopic (exact) mass is 421 g/mol. The van der Waals surface area contributed by atoms with E-state index in [0.29, 0.717) is 12.5 Å². The number of piperidine rings is 1. The van der Waals surface area contributed by atoms with E-state index in [0.717, 1.165) is 56.1 Å². The lowest BCUT2D eigenvalue weighted by molar-refractivity contribution is 0.150. The molecule has 1 N–H and O–H groups in total. The summed E-state index contributed by atoms with van der Waals surface area (Å²) in [5.41, 5.74) is 1.24. The van der Waals surface area contributed by atoms with E-state index >= 15 is 0 Å². The molecule has 1 fully saturated rings. The van der Waals surface area contributed by atoms with Gasteiger partial charge in [0.1, 0.15) is 11.6 Å². The van der Waals surface area contributed by atoms with Crippen molar-refractivity contribution >= 4 is 23.3 Å². The van der Waals surface area contributed by atoms with E-state index in [1.54, 1.807) is 11.9 Å². The first-order valence-corrected chi connectivity index (χ1v) is 10.2. The van der Waals surface area contributed by atoms with Gasteiger partial charge in [0.25, 0.3) is 0 Å². The van der Waals surface area contributed by atoms with Crippen LogP contribution in [0.25, 0.3) is 0 Å². The zero-order chi connectivity index (χ0) is 20.8. The van der Waals surface area contributed by atoms with E-state index in [2.05, 4.69) is 22.3 Å². The van der Waals surface area contributed by atoms with Gasteiger partial charge < -0.3 is 15.1 Å². The minimum Gasteiger partial charge on any atom is -0.327 e. The molecule has 0 radical (unpaired) electrons. The van der Waals surface area contributed by atoms with Crippen LogP contribution in [0.5, 0.6) is 0 Å². The Morgan fingerprint density at radius 3 is 2.72 bits per heavy atom. The highest BCUT2D eigenvalue weighted by atomic mass is 35.5. The molecule has 1 aliphatic heterocycles. The number of anilines is 1. The summed E-state index contributed by atoms with van der Waals surface area (Å²) >= 11 is 5.94. The minimum atomic E-state index is -0.780. The SMILES string of the molecule is CN(C[C@@H]1CCCN(CCc2ccc(Cl)cc2)C1)C(=O)Nc1ccc(F)cc1F. The summed E-state index contributed by atoms with van der Waals surface area (Å²) in [4.78, 5) is 16.4. The molecule has 4 nitrogen and oxygen atoms in total. The summed E-state index contributed by atoms with van der Waals surface area (Å²) in [5, 5.41) is 3.25. The third-order valence-corrected chi connectivity index (χ3v) is 5.54. The predicted molar refractivity (Wildman–Crippen MR) is 112 cm³/mol. The molecule has 7 heteroatoms. The van der Waals surface area contributed by atoms with Crippen LogP contribution < -0.4 is 5.32 Å². The van der Waals surface area contributed by atoms with E-state index in [4.69, 9.17) is 11.6 Å². The molecule has 2 aromatic carbocycles. The normalized spacial score (nSPS) is 17.2. The Bertz CT molecular complexity index is 831. The maximum atomic E-state index is 13.7. The van der Waals surface area contributed by atoms with Crippen molar-refractivity contribution in [2.75, 3.05) is 38.5 Å². The van der Waals surface area contributed by atoms with E-state index < -0.39 is 17.7 Å². The fraction of sp³-hybridized carbons (Fsp3) is 0.409. The van der Waals surface area contributed by atoms with Crippen molar-refractivity contribution in [3.8, 4) is 0 Å². The van der Waals surface area contributed by atoms with Gasteiger partial charge >= 0.3 is 6.03 Å². The number of hydrogen-bond acceptors (Lipinski definition) is 2. The van der Waals surface area contributed by atoms with Gasteiger partial charge in [-0.05, 0) is 61.6 Å². The van der Waals surface area contributed by atoms with E-state index in [-0.39, 0.29) is 5.69 Å². The number of nitrogens with zero attached hydrogens (tertiary/aromatic N) is 2. The van der Waals surface area contributed by atoms with Crippen LogP contribution in [-0.4, -0.2) is 49.1 Å². The first-order chi connectivity index (χ1) is 13.9. The summed E-state index contributed by atoms with van der Waals surface area (Å²) in [7, 11) is 1.70. The maximum Gasteiger partial charge on any atom is 0.321 e. The van der Waals surface area contributed by atoms with Gasteiger partial charge in [0.05, 0.1) is 5.69 Å². The molecule has 156 valence electrons. The second kappa shape index (κ2) is 10.0. The molecular formula is C22H26ClF2N3O. The molecule has 3 rings (SSSR count). The van der Waals surface area contributed by atoms with Crippen LogP contribution in [0.15, 0.2) is 42.5 Å². The second-order valence-electron chi connectivity index (χ2n) is 7.62. The van der Waals surface area contributed by atoms with Gasteiger partial charge in [-0.3, -0.25) is 0 Å². The van der Waals surface area contributed by atoms with Crippen molar-refractivity contribution in [1.29, 1.82) is 0 Å². The van der Waals surface area contributed by atoms with Crippen molar-refractivity contribution < 1.29 is 13.6 Å². The van der Waals surface area contributed by atoms with Gasteiger partial charge in [0.2, 0.25) is 0 Å². The molecule has 1 aliphatic rings. The Hall–Kier alpha value is -2.18. The van der Waals surface area contributed by atoms with Crippen molar-refractivity contribution in [3.05, 3.63) is 64.7 Å². The number of nitrogens with one attached hydrogen (secondary N) is 1. The highest BCUT2D eigenvalue weighted by Gasteiger charge is 2.23. The molecule has 1 saturated heterocycles. The van der Waals surface area contributed by atoms with Gasteiger partial charge in [-0.2, -0.15) is 0 Å². The van der Waals surface area contributed by atoms with Crippen LogP contribution in [0.1, 0.15) is 18.4 Å². The van der Waals surface area contributed by atoms with Crippen molar-refractivity contribution in [2.24, 2.45) is 5.92 Å². The minimum absolute atomic E-state index is 0.0171. The zero-order valence-corrected chi connectivity index (χ0v) is 17.3. The molecule has 0 unspecified atom stereocenters. The lowest BCUT2D eigenvalue weighted by Gasteiger charge is -2.34. The number of hydrogen-bond donors (Lipinski definition) is 1. The van der Waals surface area contributed by atoms with Gasteiger partial charge in [-0.1, -0.05) is 23.7 Å². The molecular weight excluding hydrogens is 396 g/mol. The maximum absolute atomic E-state index is 13.7. The zero-order valence-electron chi connectivity index (χ0n) is 16.5. The lowest BCUT2D eigenvalue weighted by Crippen LogP contribution is -2.43. The van der Waals surface area contributed by atoms with E-state index in [1.807, 2.05) is 12.1 Å². The number of carbonyl (C=O) groups is 1. The number of halogens is 3. The number of urea groups is 1. The van der Waals surface area contributed by atoms with Crippen molar-refractivity contribution in [1.82, 2.24) is 9.80 Å². The standard InChI is InChI=1S/C22H26ClF2N3O/c1-27(22(29)26-21-9-8-19(24)13-20(21)25)14-17-3-2-11-28(15-17)12-10-16-4-6-18(23)7-5-16/h4-9,13,17H,2-3,10-12,14-15H2,1H3,(H,26,29)/t17-/m0/s1. The molecule has 0 saturated carbocycles. The van der Waals surface area contributed by atoms with Crippen molar-refractivity contribution in [3.63, 3.8) is 0 Å². The Labute approximate surface area is 175 Å². The average molecular weight is 422 g/mol. The fourth-order valence-electron chi connectivity index (χ4n) is 3.71. The molecule has 0 aromatic heterocycles. The molecule has 2 aromatic rings. The van der Waals surface area contributed by atoms with Gasteiger partial charge in [-0.25, -0.2) is 13.6 Å². The van der Waals surface area contributed by atoms with Gasteiger partial charge in [-0.15, -0.1) is 0 Å². The highest BCUT2D eigenvalue weighted by molar-refractivity contribution is 6.30. The Kier molecular flexibility index (Phi) is 7.45. The third-order valence-electron chi connectivity index (χ3n) is 5.28. The Morgan fingerprint density at radius 2 is 2.00 bits per heavy atom. The van der Waals surface area contributed by atoms with Crippen LogP contribution >= 0.6 is 11.6 Å². The predicted octanol–water partition coefficient (Wildman–Crippen LogP) is 5.04. The quantitative estimate of drug-likeness (QED) is 0.709. The van der Waals surface area contributed by atoms with Crippen LogP contribution in [-0.2, 0) is 6.42 Å². The lowest BCUT2D eigenvalue weighted by atomic mass is 9.97. The average Bonchev–Trinajstić information content (AvgIpc) is 2.70. The molecule has 0 aliphatic carbocycles. The van der Waals surface area contributed by atoms with Crippen LogP contribution in [0.3, 0.4) is 0 Å². The first-order valence-electron chi connectivity index (χ1n) is 9.84. The smallest absolute Gasteiger partial charge is 0.321 e. The van der Waals surface area contributed by atoms with Crippen LogP contribution in [0.2, 0.25) is 5.02 Å². The summed E-state index contributed by atoms with van der Waals surface area (Å²) < 4.78 is 26.7. The first kappa shape index (κ1) is 21.5. The number of carbonyl (C=O) groups excluding carboxylic acids is 1. The Morgan fingerprint density at radius 1 is 1.24 bits per heavy atom. The molecule has 1 heterocycles. The molecule has 1 atom stereocenters. The van der Waals surface area contributed by atoms with Gasteiger partial charge in [0, 0.05) is 37.8 Å². The molecule has 29 heavy (non-hydrogen) atoms. The van der Waals surface area contributed by atoms with E-state index in [1.165, 1.54) is 11.6 Å². The van der Waals surface area contributed by atoms with Gasteiger partial charge in [0.15, 0.2) is 0 Å². The molecule has 0 bridgehead atoms. The number of rotatable bonds is 6. The largest absolute Gasteiger partial charge is 0.327 e. The fourth-order valence-corrected chi connectivity index (χ4v) is 3.84. The molecule has 0 spiro atoms. The number of amides is 2. The number of likely N-dealkylation sites (tertiary alicyclic amines) is 1. The summed E-state index contributed by atoms with van der Waals surface area (Å²) in [6.07, 6.45) is 3.11. The van der Waals surface area contributed by atoms with Crippen LogP contribution in [0, 0.1) is 17.6 Å². The molecule has 2 amide bonds. The highest BCUT2D eigenvalue weighted by Crippen LogP contribution is 2.20. The van der Waals surface area contributed by atoms with E-state index in [9.17, 15) is 13.6 Å². The summed E-state index contributed by atoms with van der Waals surface area (Å²) in [6.45, 7) is 3.54. The Balaban J connectivity index is 1.47. The second-order valence-corrected chi connectivity index (χ2v) is 8.06. The van der Waals surface area contributed by atoms with Crippen molar-refractivity contribution in [2.45, 2.75) is 19.3 Å². The number of benzene rings is 2. The summed E-state index contributed by atoms with van der Waals surface area (Å²) in [5.74, 6) is -1.09.